The quantitative estimate of drug-likeness (QED) is 0.158. The Hall–Kier alpha value is -4.47. The van der Waals surface area contributed by atoms with Crippen molar-refractivity contribution >= 4 is 71.9 Å². The van der Waals surface area contributed by atoms with E-state index in [9.17, 15) is 0 Å². The second-order valence-corrected chi connectivity index (χ2v) is 10.8. The summed E-state index contributed by atoms with van der Waals surface area (Å²) < 4.78 is 11.7. The van der Waals surface area contributed by atoms with Crippen molar-refractivity contribution < 1.29 is 4.32 Å². The molecule has 0 aliphatic heterocycles. The van der Waals surface area contributed by atoms with E-state index in [4.69, 9.17) is 4.32 Å². The maximum atomic E-state index is 9.00. The molecule has 2 radical (unpaired) electrons. The van der Waals surface area contributed by atoms with Gasteiger partial charge in [-0.2, -0.15) is 0 Å². The van der Waals surface area contributed by atoms with E-state index in [0.29, 0.717) is 0 Å². The highest BCUT2D eigenvalue weighted by Crippen LogP contribution is 2.41. The summed E-state index contributed by atoms with van der Waals surface area (Å²) in [5.41, 5.74) is 5.06. The first kappa shape index (κ1) is 23.6. The van der Waals surface area contributed by atoms with Crippen molar-refractivity contribution in [2.24, 2.45) is 0 Å². The predicted octanol–water partition coefficient (Wildman–Crippen LogP) is 10.9. The van der Waals surface area contributed by atoms with Gasteiger partial charge in [-0.1, -0.05) is 115 Å². The van der Waals surface area contributed by atoms with Crippen LogP contribution in [0.25, 0.3) is 74.7 Å². The second-order valence-electron chi connectivity index (χ2n) is 9.71. The van der Waals surface area contributed by atoms with Gasteiger partial charge in [-0.25, -0.2) is 0 Å². The van der Waals surface area contributed by atoms with Crippen LogP contribution in [-0.4, -0.2) is 8.12 Å². The molecule has 0 unspecified atom stereocenters. The van der Waals surface area contributed by atoms with E-state index in [2.05, 4.69) is 142 Å². The Morgan fingerprint density at radius 2 is 0.897 bits per heavy atom. The minimum atomic E-state index is 1.25. The summed E-state index contributed by atoms with van der Waals surface area (Å²) >= 11 is 1.89. The van der Waals surface area contributed by atoms with Crippen LogP contribution >= 0.6 is 11.3 Å². The Balaban J connectivity index is 0.00000124. The van der Waals surface area contributed by atoms with Crippen LogP contribution in [0.1, 0.15) is 0 Å². The fraction of sp³-hybridized carbons (Fsp3) is 0. The number of halogens is 1. The van der Waals surface area contributed by atoms with Gasteiger partial charge in [-0.05, 0) is 72.8 Å². The molecule has 1 aromatic heterocycles. The molecule has 0 nitrogen and oxygen atoms in total. The third kappa shape index (κ3) is 3.81. The Bertz CT molecular complexity index is 2120. The molecule has 0 amide bonds. The molecule has 3 heteroatoms. The van der Waals surface area contributed by atoms with Crippen molar-refractivity contribution in [3.63, 3.8) is 0 Å². The molecule has 0 atom stereocenters. The van der Waals surface area contributed by atoms with Gasteiger partial charge in [-0.15, -0.1) is 11.3 Å². The summed E-state index contributed by atoms with van der Waals surface area (Å²) in [6.45, 7) is 0. The number of rotatable bonds is 2. The largest absolute Gasteiger partial charge is 0.350 e. The number of thiophene rings is 1. The van der Waals surface area contributed by atoms with Crippen molar-refractivity contribution in [3.05, 3.63) is 133 Å². The van der Waals surface area contributed by atoms with Crippen molar-refractivity contribution in [2.75, 3.05) is 0 Å². The molecule has 1 heterocycles. The van der Waals surface area contributed by atoms with Gasteiger partial charge in [0.05, 0.1) is 0 Å². The Labute approximate surface area is 231 Å². The smallest absolute Gasteiger partial charge is 0.350 e. The minimum absolute atomic E-state index is 1.25. The maximum absolute atomic E-state index is 9.00. The highest BCUT2D eigenvalue weighted by Gasteiger charge is 2.12. The average molecular weight is 516 g/mol. The van der Waals surface area contributed by atoms with Crippen LogP contribution < -0.4 is 0 Å². The van der Waals surface area contributed by atoms with Crippen LogP contribution in [0.4, 0.5) is 4.32 Å². The lowest BCUT2D eigenvalue weighted by atomic mass is 9.91. The van der Waals surface area contributed by atoms with Crippen molar-refractivity contribution in [1.82, 2.24) is 0 Å². The van der Waals surface area contributed by atoms with E-state index < -0.39 is 0 Å². The summed E-state index contributed by atoms with van der Waals surface area (Å²) in [4.78, 5) is 0. The highest BCUT2D eigenvalue weighted by atomic mass is 32.1. The summed E-state index contributed by atoms with van der Waals surface area (Å²) in [5.74, 6) is 0. The summed E-state index contributed by atoms with van der Waals surface area (Å²) in [6.07, 6.45) is 0. The topological polar surface area (TPSA) is 0 Å². The van der Waals surface area contributed by atoms with Gasteiger partial charge in [0.1, 0.15) is 0 Å². The Kier molecular flexibility index (Phi) is 5.87. The molecule has 0 spiro atoms. The van der Waals surface area contributed by atoms with Crippen LogP contribution in [0.2, 0.25) is 0 Å². The first-order valence-electron chi connectivity index (χ1n) is 12.9. The normalized spacial score (nSPS) is 11.3. The molecule has 0 N–H and O–H groups in total. The monoisotopic (exact) mass is 516 g/mol. The van der Waals surface area contributed by atoms with E-state index in [1.165, 1.54) is 74.7 Å². The van der Waals surface area contributed by atoms with Gasteiger partial charge in [0.2, 0.25) is 0 Å². The molecule has 0 fully saturated rings. The van der Waals surface area contributed by atoms with Crippen LogP contribution in [-0.2, 0) is 0 Å². The molecule has 0 aliphatic rings. The van der Waals surface area contributed by atoms with Gasteiger partial charge in [0, 0.05) is 20.2 Å². The zero-order valence-electron chi connectivity index (χ0n) is 21.1. The molecule has 0 aliphatic carbocycles. The first-order valence-corrected chi connectivity index (χ1v) is 13.7. The molecule has 182 valence electrons. The van der Waals surface area contributed by atoms with Crippen LogP contribution in [0.3, 0.4) is 0 Å². The Morgan fingerprint density at radius 1 is 0.385 bits per heavy atom. The zero-order chi connectivity index (χ0) is 26.3. The molecule has 7 aromatic carbocycles. The standard InChI is InChI=1S/C36H22S.BF/c1-2-13-29-27(11-1)28-12-3-4-14-30(28)34-22-24(19-20-31(29)34)23-9-7-10-25(21-23)26-16-8-17-33-32-15-5-6-18-35(32)37-36(26)33;1-2/h1-22H;. The predicted molar refractivity (Wildman–Crippen MR) is 170 cm³/mol. The third-order valence-electron chi connectivity index (χ3n) is 7.66. The van der Waals surface area contributed by atoms with E-state index in [1.807, 2.05) is 11.3 Å². The van der Waals surface area contributed by atoms with E-state index in [-0.39, 0.29) is 0 Å². The number of hydrogen-bond acceptors (Lipinski definition) is 1. The molecular weight excluding hydrogens is 494 g/mol. The van der Waals surface area contributed by atoms with Gasteiger partial charge >= 0.3 is 8.12 Å². The lowest BCUT2D eigenvalue weighted by molar-refractivity contribution is 0.902. The lowest BCUT2D eigenvalue weighted by Crippen LogP contribution is -1.86. The van der Waals surface area contributed by atoms with Crippen molar-refractivity contribution in [2.45, 2.75) is 0 Å². The molecular formula is C36H22BFS. The fourth-order valence-electron chi connectivity index (χ4n) is 5.93. The summed E-state index contributed by atoms with van der Waals surface area (Å²) in [7, 11) is 3.00. The van der Waals surface area contributed by atoms with Gasteiger partial charge in [-0.3, -0.25) is 0 Å². The molecule has 0 saturated heterocycles. The van der Waals surface area contributed by atoms with Crippen molar-refractivity contribution in [3.8, 4) is 22.3 Å². The molecule has 0 saturated carbocycles. The molecule has 39 heavy (non-hydrogen) atoms. The zero-order valence-corrected chi connectivity index (χ0v) is 21.9. The van der Waals surface area contributed by atoms with Crippen LogP contribution in [0, 0.1) is 0 Å². The van der Waals surface area contributed by atoms with Gasteiger partial charge < -0.3 is 4.32 Å². The van der Waals surface area contributed by atoms with Gasteiger partial charge in [0.15, 0.2) is 0 Å². The molecule has 8 aromatic rings. The average Bonchev–Trinajstić information content (AvgIpc) is 3.41. The van der Waals surface area contributed by atoms with Crippen LogP contribution in [0.5, 0.6) is 0 Å². The van der Waals surface area contributed by atoms with E-state index >= 15 is 0 Å². The third-order valence-corrected chi connectivity index (χ3v) is 8.88. The number of benzene rings is 7. The molecule has 0 bridgehead atoms. The number of fused-ring (bicyclic) bond motifs is 9. The number of hydrogen-bond donors (Lipinski definition) is 0. The SMILES string of the molecule is [B]F.c1cc(-c2ccc3c4ccccc4c4ccccc4c3c2)cc(-c2cccc3c2sc2ccccc23)c1. The van der Waals surface area contributed by atoms with Crippen molar-refractivity contribution in [1.29, 1.82) is 0 Å². The van der Waals surface area contributed by atoms with E-state index in [1.54, 1.807) is 0 Å². The fourth-order valence-corrected chi connectivity index (χ4v) is 7.17. The maximum Gasteiger partial charge on any atom is 0.350 e. The summed E-state index contributed by atoms with van der Waals surface area (Å²) in [5, 5.41) is 10.6. The van der Waals surface area contributed by atoms with Gasteiger partial charge in [0.25, 0.3) is 0 Å². The highest BCUT2D eigenvalue weighted by molar-refractivity contribution is 7.26. The van der Waals surface area contributed by atoms with E-state index in [0.717, 1.165) is 0 Å². The first-order chi connectivity index (χ1) is 19.3. The van der Waals surface area contributed by atoms with Crippen LogP contribution in [0.15, 0.2) is 133 Å². The Morgan fingerprint density at radius 3 is 1.62 bits per heavy atom. The lowest BCUT2D eigenvalue weighted by Gasteiger charge is -2.12. The molecule has 8 rings (SSSR count). The minimum Gasteiger partial charge on any atom is -0.350 e. The second kappa shape index (κ2) is 9.69. The summed E-state index contributed by atoms with van der Waals surface area (Å²) in [6, 6.07) is 49.0.